The maximum absolute atomic E-state index is 11.4. The maximum Gasteiger partial charge on any atom is 0.197 e. The lowest BCUT2D eigenvalue weighted by Gasteiger charge is -2.07. The van der Waals surface area contributed by atoms with Crippen molar-refractivity contribution in [3.05, 3.63) is 30.2 Å². The number of hydrogen-bond donors (Lipinski definition) is 1. The highest BCUT2D eigenvalue weighted by atomic mass is 32.2. The highest BCUT2D eigenvalue weighted by molar-refractivity contribution is 7.91. The van der Waals surface area contributed by atoms with Crippen molar-refractivity contribution in [3.63, 3.8) is 0 Å². The Bertz CT molecular complexity index is 690. The fourth-order valence-corrected chi connectivity index (χ4v) is 4.39. The van der Waals surface area contributed by atoms with Gasteiger partial charge in [0.25, 0.3) is 0 Å². The highest BCUT2D eigenvalue weighted by Gasteiger charge is 2.29. The van der Waals surface area contributed by atoms with E-state index in [0.29, 0.717) is 12.8 Å². The molecule has 0 aliphatic carbocycles. The first kappa shape index (κ1) is 11.5. The summed E-state index contributed by atoms with van der Waals surface area (Å²) >= 11 is 0. The van der Waals surface area contributed by atoms with Crippen LogP contribution in [0.15, 0.2) is 24.4 Å². The lowest BCUT2D eigenvalue weighted by Crippen LogP contribution is -2.09. The van der Waals surface area contributed by atoms with Crippen molar-refractivity contribution in [2.75, 3.05) is 11.5 Å². The van der Waals surface area contributed by atoms with Crippen molar-refractivity contribution in [2.24, 2.45) is 5.92 Å². The van der Waals surface area contributed by atoms with Crippen molar-refractivity contribution in [1.82, 2.24) is 9.38 Å². The Hall–Kier alpha value is -1.56. The van der Waals surface area contributed by atoms with E-state index in [1.165, 1.54) is 0 Å². The lowest BCUT2D eigenvalue weighted by atomic mass is 10.1. The number of sulfone groups is 1. The SMILES string of the molecule is O=S1(=O)CCC(Cc2ncc3cccc(O)n23)C1. The molecular weight excluding hydrogens is 252 g/mol. The topological polar surface area (TPSA) is 71.7 Å². The van der Waals surface area contributed by atoms with E-state index in [1.807, 2.05) is 6.07 Å². The summed E-state index contributed by atoms with van der Waals surface area (Å²) in [6, 6.07) is 5.22. The van der Waals surface area contributed by atoms with Crippen LogP contribution in [0.4, 0.5) is 0 Å². The fourth-order valence-electron chi connectivity index (χ4n) is 2.53. The minimum Gasteiger partial charge on any atom is -0.494 e. The van der Waals surface area contributed by atoms with Gasteiger partial charge in [0.15, 0.2) is 15.7 Å². The predicted molar refractivity (Wildman–Crippen MR) is 67.3 cm³/mol. The molecule has 96 valence electrons. The van der Waals surface area contributed by atoms with E-state index in [2.05, 4.69) is 4.98 Å². The van der Waals surface area contributed by atoms with Crippen LogP contribution in [0.1, 0.15) is 12.2 Å². The van der Waals surface area contributed by atoms with Gasteiger partial charge in [-0.3, -0.25) is 4.40 Å². The number of nitrogens with zero attached hydrogens (tertiary/aromatic N) is 2. The van der Waals surface area contributed by atoms with Crippen LogP contribution in [0.5, 0.6) is 5.88 Å². The number of imidazole rings is 1. The number of hydrogen-bond acceptors (Lipinski definition) is 4. The van der Waals surface area contributed by atoms with Gasteiger partial charge in [-0.25, -0.2) is 13.4 Å². The van der Waals surface area contributed by atoms with Crippen LogP contribution in [-0.4, -0.2) is 34.4 Å². The molecule has 0 radical (unpaired) electrons. The molecule has 1 atom stereocenters. The molecule has 0 bridgehead atoms. The van der Waals surface area contributed by atoms with Gasteiger partial charge < -0.3 is 5.11 Å². The van der Waals surface area contributed by atoms with E-state index in [9.17, 15) is 13.5 Å². The van der Waals surface area contributed by atoms with Gasteiger partial charge in [-0.1, -0.05) is 6.07 Å². The molecule has 0 amide bonds. The molecule has 1 unspecified atom stereocenters. The lowest BCUT2D eigenvalue weighted by molar-refractivity contribution is 0.439. The summed E-state index contributed by atoms with van der Waals surface area (Å²) in [4.78, 5) is 4.28. The minimum absolute atomic E-state index is 0.111. The normalized spacial score (nSPS) is 22.6. The van der Waals surface area contributed by atoms with Crippen molar-refractivity contribution in [3.8, 4) is 5.88 Å². The van der Waals surface area contributed by atoms with E-state index >= 15 is 0 Å². The highest BCUT2D eigenvalue weighted by Crippen LogP contribution is 2.24. The average Bonchev–Trinajstić information content (AvgIpc) is 2.85. The third kappa shape index (κ3) is 1.96. The van der Waals surface area contributed by atoms with E-state index in [4.69, 9.17) is 0 Å². The van der Waals surface area contributed by atoms with E-state index in [1.54, 1.807) is 22.7 Å². The van der Waals surface area contributed by atoms with Crippen LogP contribution in [0.2, 0.25) is 0 Å². The summed E-state index contributed by atoms with van der Waals surface area (Å²) in [5.41, 5.74) is 0.825. The van der Waals surface area contributed by atoms with Gasteiger partial charge in [0.05, 0.1) is 23.2 Å². The second-order valence-corrected chi connectivity index (χ2v) is 7.02. The predicted octanol–water partition coefficient (Wildman–Crippen LogP) is 1.02. The van der Waals surface area contributed by atoms with Gasteiger partial charge in [0.2, 0.25) is 0 Å². The first-order valence-corrected chi connectivity index (χ1v) is 7.72. The Morgan fingerprint density at radius 3 is 3.00 bits per heavy atom. The van der Waals surface area contributed by atoms with Gasteiger partial charge in [0, 0.05) is 6.42 Å². The number of aromatic nitrogens is 2. The van der Waals surface area contributed by atoms with Crippen LogP contribution in [0.25, 0.3) is 5.52 Å². The van der Waals surface area contributed by atoms with Gasteiger partial charge in [-0.15, -0.1) is 0 Å². The third-order valence-electron chi connectivity index (χ3n) is 3.40. The van der Waals surface area contributed by atoms with Crippen molar-refractivity contribution in [2.45, 2.75) is 12.8 Å². The van der Waals surface area contributed by atoms with Crippen LogP contribution in [0, 0.1) is 5.92 Å². The molecule has 1 saturated heterocycles. The number of aromatic hydroxyl groups is 1. The zero-order valence-corrected chi connectivity index (χ0v) is 10.6. The Morgan fingerprint density at radius 1 is 1.44 bits per heavy atom. The summed E-state index contributed by atoms with van der Waals surface area (Å²) in [6.45, 7) is 0. The van der Waals surface area contributed by atoms with Crippen LogP contribution >= 0.6 is 0 Å². The zero-order chi connectivity index (χ0) is 12.8. The molecule has 2 aromatic rings. The summed E-state index contributed by atoms with van der Waals surface area (Å²) in [5.74, 6) is 1.48. The Morgan fingerprint density at radius 2 is 2.28 bits per heavy atom. The molecule has 2 aromatic heterocycles. The standard InChI is InChI=1S/C12H14N2O3S/c15-12-3-1-2-10-7-13-11(14(10)12)6-9-4-5-18(16,17)8-9/h1-3,7,9,15H,4-6,8H2. The molecule has 3 rings (SSSR count). The summed E-state index contributed by atoms with van der Waals surface area (Å²) in [5, 5.41) is 9.82. The van der Waals surface area contributed by atoms with Crippen molar-refractivity contribution in [1.29, 1.82) is 0 Å². The second-order valence-electron chi connectivity index (χ2n) is 4.79. The largest absolute Gasteiger partial charge is 0.494 e. The molecule has 1 aliphatic heterocycles. The van der Waals surface area contributed by atoms with Gasteiger partial charge in [-0.05, 0) is 24.5 Å². The molecular formula is C12H14N2O3S. The first-order chi connectivity index (χ1) is 8.55. The average molecular weight is 266 g/mol. The molecule has 1 N–H and O–H groups in total. The molecule has 3 heterocycles. The fraction of sp³-hybridized carbons (Fsp3) is 0.417. The molecule has 5 nitrogen and oxygen atoms in total. The first-order valence-electron chi connectivity index (χ1n) is 5.90. The Labute approximate surface area is 105 Å². The number of fused-ring (bicyclic) bond motifs is 1. The number of rotatable bonds is 2. The van der Waals surface area contributed by atoms with E-state index in [0.717, 1.165) is 11.3 Å². The summed E-state index contributed by atoms with van der Waals surface area (Å²) in [6.07, 6.45) is 2.97. The van der Waals surface area contributed by atoms with Crippen LogP contribution in [0.3, 0.4) is 0 Å². The molecule has 0 spiro atoms. The molecule has 0 saturated carbocycles. The van der Waals surface area contributed by atoms with Crippen molar-refractivity contribution < 1.29 is 13.5 Å². The zero-order valence-electron chi connectivity index (χ0n) is 9.78. The van der Waals surface area contributed by atoms with Gasteiger partial charge in [-0.2, -0.15) is 0 Å². The van der Waals surface area contributed by atoms with E-state index in [-0.39, 0.29) is 23.3 Å². The monoisotopic (exact) mass is 266 g/mol. The second kappa shape index (κ2) is 3.98. The van der Waals surface area contributed by atoms with Gasteiger partial charge in [0.1, 0.15) is 5.82 Å². The smallest absolute Gasteiger partial charge is 0.197 e. The quantitative estimate of drug-likeness (QED) is 0.880. The molecule has 1 aliphatic rings. The number of pyridine rings is 1. The molecule has 18 heavy (non-hydrogen) atoms. The maximum atomic E-state index is 11.4. The van der Waals surface area contributed by atoms with Crippen LogP contribution < -0.4 is 0 Å². The molecule has 6 heteroatoms. The Kier molecular flexibility index (Phi) is 2.55. The van der Waals surface area contributed by atoms with Crippen LogP contribution in [-0.2, 0) is 16.3 Å². The summed E-state index contributed by atoms with van der Waals surface area (Å²) in [7, 11) is -2.86. The summed E-state index contributed by atoms with van der Waals surface area (Å²) < 4.78 is 24.5. The molecule has 1 fully saturated rings. The minimum atomic E-state index is -2.86. The third-order valence-corrected chi connectivity index (χ3v) is 5.24. The Balaban J connectivity index is 1.92. The van der Waals surface area contributed by atoms with E-state index < -0.39 is 9.84 Å². The van der Waals surface area contributed by atoms with Crippen molar-refractivity contribution >= 4 is 15.4 Å². The molecule has 0 aromatic carbocycles. The van der Waals surface area contributed by atoms with Gasteiger partial charge >= 0.3 is 0 Å².